The lowest BCUT2D eigenvalue weighted by molar-refractivity contribution is -0.146. The molecule has 0 bridgehead atoms. The minimum absolute atomic E-state index is 0.0311. The van der Waals surface area contributed by atoms with Crippen molar-refractivity contribution >= 4 is 17.5 Å². The van der Waals surface area contributed by atoms with Gasteiger partial charge in [-0.25, -0.2) is 0 Å². The first kappa shape index (κ1) is 16.9. The van der Waals surface area contributed by atoms with Gasteiger partial charge >= 0.3 is 5.97 Å². The Labute approximate surface area is 132 Å². The number of carbonyl (C=O) groups is 3. The van der Waals surface area contributed by atoms with Gasteiger partial charge in [-0.1, -0.05) is 18.6 Å². The van der Waals surface area contributed by atoms with Crippen molar-refractivity contribution in [2.75, 3.05) is 0 Å². The van der Waals surface area contributed by atoms with Crippen molar-refractivity contribution in [3.63, 3.8) is 0 Å². The van der Waals surface area contributed by atoms with E-state index in [4.69, 9.17) is 0 Å². The number of carboxylic acids is 1. The van der Waals surface area contributed by atoms with Gasteiger partial charge in [0, 0.05) is 19.3 Å². The number of hydrogen-bond donors (Lipinski definition) is 1. The maximum atomic E-state index is 11.9. The lowest BCUT2D eigenvalue weighted by atomic mass is 9.51. The summed E-state index contributed by atoms with van der Waals surface area (Å²) in [6.45, 7) is 3.63. The SMILES string of the molecule is CCC1=CC2C(C1)CC2(CCC(=O)CCC(C)=O)CC(=O)O. The summed E-state index contributed by atoms with van der Waals surface area (Å²) in [6, 6.07) is 0. The van der Waals surface area contributed by atoms with E-state index in [2.05, 4.69) is 13.0 Å². The van der Waals surface area contributed by atoms with Crippen molar-refractivity contribution in [3.8, 4) is 0 Å². The monoisotopic (exact) mass is 306 g/mol. The molecule has 0 aromatic rings. The van der Waals surface area contributed by atoms with Gasteiger partial charge in [-0.2, -0.15) is 0 Å². The van der Waals surface area contributed by atoms with Crippen LogP contribution in [-0.2, 0) is 14.4 Å². The summed E-state index contributed by atoms with van der Waals surface area (Å²) in [5.41, 5.74) is 1.20. The van der Waals surface area contributed by atoms with Gasteiger partial charge in [0.15, 0.2) is 0 Å². The zero-order valence-corrected chi connectivity index (χ0v) is 13.6. The number of carbonyl (C=O) groups excluding carboxylic acids is 2. The maximum absolute atomic E-state index is 11.9. The molecule has 0 aromatic carbocycles. The Kier molecular flexibility index (Phi) is 5.20. The molecule has 0 radical (unpaired) electrons. The third-order valence-electron chi connectivity index (χ3n) is 5.44. The number of carboxylic acid groups (broad SMARTS) is 1. The minimum Gasteiger partial charge on any atom is -0.481 e. The number of aliphatic carboxylic acids is 1. The van der Waals surface area contributed by atoms with Crippen LogP contribution in [0.15, 0.2) is 11.6 Å². The topological polar surface area (TPSA) is 71.4 Å². The predicted octanol–water partition coefficient (Wildman–Crippen LogP) is 3.54. The highest BCUT2D eigenvalue weighted by Crippen LogP contribution is 2.62. The Morgan fingerprint density at radius 1 is 1.27 bits per heavy atom. The van der Waals surface area contributed by atoms with Crippen molar-refractivity contribution in [3.05, 3.63) is 11.6 Å². The molecule has 0 spiro atoms. The molecule has 0 amide bonds. The van der Waals surface area contributed by atoms with Crippen LogP contribution in [0.3, 0.4) is 0 Å². The van der Waals surface area contributed by atoms with Crippen LogP contribution in [0.25, 0.3) is 0 Å². The van der Waals surface area contributed by atoms with Crippen LogP contribution >= 0.6 is 0 Å². The summed E-state index contributed by atoms with van der Waals surface area (Å²) < 4.78 is 0. The van der Waals surface area contributed by atoms with E-state index in [-0.39, 0.29) is 23.4 Å². The van der Waals surface area contributed by atoms with E-state index in [1.807, 2.05) is 0 Å². The van der Waals surface area contributed by atoms with E-state index < -0.39 is 5.97 Å². The average molecular weight is 306 g/mol. The van der Waals surface area contributed by atoms with E-state index in [9.17, 15) is 19.5 Å². The third kappa shape index (κ3) is 3.65. The van der Waals surface area contributed by atoms with Crippen LogP contribution in [0.5, 0.6) is 0 Å². The van der Waals surface area contributed by atoms with Crippen molar-refractivity contribution in [2.24, 2.45) is 17.3 Å². The summed E-state index contributed by atoms with van der Waals surface area (Å²) >= 11 is 0. The minimum atomic E-state index is -0.770. The molecule has 1 saturated carbocycles. The van der Waals surface area contributed by atoms with Crippen LogP contribution in [-0.4, -0.2) is 22.6 Å². The van der Waals surface area contributed by atoms with Gasteiger partial charge in [-0.3, -0.25) is 9.59 Å². The Bertz CT molecular complexity index is 505. The fourth-order valence-corrected chi connectivity index (χ4v) is 4.23. The summed E-state index contributed by atoms with van der Waals surface area (Å²) in [5.74, 6) is 0.262. The molecule has 2 aliphatic rings. The lowest BCUT2D eigenvalue weighted by Gasteiger charge is -2.52. The number of rotatable bonds is 9. The van der Waals surface area contributed by atoms with E-state index in [1.54, 1.807) is 0 Å². The zero-order chi connectivity index (χ0) is 16.3. The molecule has 0 aliphatic heterocycles. The van der Waals surface area contributed by atoms with Crippen LogP contribution in [0, 0.1) is 17.3 Å². The van der Waals surface area contributed by atoms with Gasteiger partial charge in [0.05, 0.1) is 6.42 Å². The number of fused-ring (bicyclic) bond motifs is 1. The summed E-state index contributed by atoms with van der Waals surface area (Å²) in [5, 5.41) is 9.25. The van der Waals surface area contributed by atoms with Crippen molar-refractivity contribution in [2.45, 2.75) is 65.2 Å². The van der Waals surface area contributed by atoms with Crippen LogP contribution < -0.4 is 0 Å². The van der Waals surface area contributed by atoms with Crippen molar-refractivity contribution in [1.29, 1.82) is 0 Å². The Balaban J connectivity index is 1.96. The first-order valence-electron chi connectivity index (χ1n) is 8.29. The molecule has 2 aliphatic carbocycles. The molecule has 0 aromatic heterocycles. The summed E-state index contributed by atoms with van der Waals surface area (Å²) in [7, 11) is 0. The molecule has 3 unspecified atom stereocenters. The van der Waals surface area contributed by atoms with E-state index in [0.717, 1.165) is 19.3 Å². The molecule has 1 N–H and O–H groups in total. The van der Waals surface area contributed by atoms with Crippen LogP contribution in [0.1, 0.15) is 65.2 Å². The highest BCUT2D eigenvalue weighted by Gasteiger charge is 2.55. The molecular formula is C18H26O4. The van der Waals surface area contributed by atoms with Gasteiger partial charge < -0.3 is 9.90 Å². The van der Waals surface area contributed by atoms with E-state index >= 15 is 0 Å². The molecular weight excluding hydrogens is 280 g/mol. The van der Waals surface area contributed by atoms with Crippen LogP contribution in [0.4, 0.5) is 0 Å². The fourth-order valence-electron chi connectivity index (χ4n) is 4.23. The Morgan fingerprint density at radius 2 is 2.00 bits per heavy atom. The summed E-state index contributed by atoms with van der Waals surface area (Å²) in [6.07, 6.45) is 7.13. The molecule has 1 fully saturated rings. The van der Waals surface area contributed by atoms with Gasteiger partial charge in [0.1, 0.15) is 11.6 Å². The van der Waals surface area contributed by atoms with Crippen LogP contribution in [0.2, 0.25) is 0 Å². The Morgan fingerprint density at radius 3 is 2.59 bits per heavy atom. The second-order valence-corrected chi connectivity index (χ2v) is 7.05. The van der Waals surface area contributed by atoms with Gasteiger partial charge in [0.25, 0.3) is 0 Å². The number of allylic oxidation sites excluding steroid dienone is 2. The molecule has 4 heteroatoms. The molecule has 0 heterocycles. The average Bonchev–Trinajstić information content (AvgIpc) is 2.79. The first-order chi connectivity index (χ1) is 10.4. The van der Waals surface area contributed by atoms with Gasteiger partial charge in [-0.15, -0.1) is 0 Å². The fraction of sp³-hybridized carbons (Fsp3) is 0.722. The predicted molar refractivity (Wildman–Crippen MR) is 83.4 cm³/mol. The third-order valence-corrected chi connectivity index (χ3v) is 5.44. The summed E-state index contributed by atoms with van der Waals surface area (Å²) in [4.78, 5) is 34.1. The zero-order valence-electron chi connectivity index (χ0n) is 13.6. The van der Waals surface area contributed by atoms with E-state index in [1.165, 1.54) is 12.5 Å². The standard InChI is InChI=1S/C18H26O4/c1-3-13-8-14-10-18(11-17(21)22,16(14)9-13)7-6-15(20)5-4-12(2)19/h9,14,16H,3-8,10-11H2,1-2H3,(H,21,22). The molecule has 0 saturated heterocycles. The second-order valence-electron chi connectivity index (χ2n) is 7.05. The molecule has 3 atom stereocenters. The molecule has 122 valence electrons. The quantitative estimate of drug-likeness (QED) is 0.661. The number of ketones is 2. The van der Waals surface area contributed by atoms with Crippen molar-refractivity contribution < 1.29 is 19.5 Å². The largest absolute Gasteiger partial charge is 0.481 e. The highest BCUT2D eigenvalue weighted by atomic mass is 16.4. The van der Waals surface area contributed by atoms with Gasteiger partial charge in [-0.05, 0) is 49.9 Å². The maximum Gasteiger partial charge on any atom is 0.303 e. The first-order valence-corrected chi connectivity index (χ1v) is 8.29. The lowest BCUT2D eigenvalue weighted by Crippen LogP contribution is -2.46. The second kappa shape index (κ2) is 6.76. The molecule has 22 heavy (non-hydrogen) atoms. The van der Waals surface area contributed by atoms with Crippen molar-refractivity contribution in [1.82, 2.24) is 0 Å². The number of hydrogen-bond acceptors (Lipinski definition) is 3. The van der Waals surface area contributed by atoms with E-state index in [0.29, 0.717) is 37.5 Å². The highest BCUT2D eigenvalue weighted by molar-refractivity contribution is 5.84. The smallest absolute Gasteiger partial charge is 0.303 e. The number of Topliss-reactive ketones (excluding diaryl/α,β-unsaturated/α-hetero) is 2. The van der Waals surface area contributed by atoms with Gasteiger partial charge in [0.2, 0.25) is 0 Å². The molecule has 4 nitrogen and oxygen atoms in total. The molecule has 2 rings (SSSR count). The Hall–Kier alpha value is -1.45. The normalized spacial score (nSPS) is 29.5.